The number of hydrogen-bond donors (Lipinski definition) is 2. The summed E-state index contributed by atoms with van der Waals surface area (Å²) in [4.78, 5) is 2.59. The lowest BCUT2D eigenvalue weighted by Crippen LogP contribution is -2.53. The van der Waals surface area contributed by atoms with Crippen molar-refractivity contribution in [2.24, 2.45) is 5.73 Å². The average molecular weight is 195 g/mol. The Balaban J connectivity index is 1.89. The molecule has 0 radical (unpaired) electrons. The maximum Gasteiger partial charge on any atom is 0.0447 e. The van der Waals surface area contributed by atoms with Crippen molar-refractivity contribution in [2.75, 3.05) is 26.2 Å². The van der Waals surface area contributed by atoms with Gasteiger partial charge in [0, 0.05) is 37.8 Å². The van der Waals surface area contributed by atoms with Crippen LogP contribution in [-0.4, -0.2) is 42.7 Å². The van der Waals surface area contributed by atoms with Gasteiger partial charge in [0.25, 0.3) is 0 Å². The standard InChI is InChI=1S/C11H21N3/c1-2-6-13-11(8-12)5-7-14(9-11)10-3-4-10/h2,10,13H,1,3-9,12H2. The first-order valence-corrected chi connectivity index (χ1v) is 5.60. The number of rotatable bonds is 5. The molecule has 1 aliphatic heterocycles. The van der Waals surface area contributed by atoms with E-state index >= 15 is 0 Å². The first-order valence-electron chi connectivity index (χ1n) is 5.60. The van der Waals surface area contributed by atoms with Crippen molar-refractivity contribution in [2.45, 2.75) is 30.8 Å². The minimum Gasteiger partial charge on any atom is -0.329 e. The Bertz CT molecular complexity index is 213. The van der Waals surface area contributed by atoms with Crippen LogP contribution in [0, 0.1) is 0 Å². The lowest BCUT2D eigenvalue weighted by Gasteiger charge is -2.29. The molecule has 80 valence electrons. The maximum atomic E-state index is 5.87. The van der Waals surface area contributed by atoms with Gasteiger partial charge in [-0.3, -0.25) is 4.90 Å². The molecule has 2 fully saturated rings. The van der Waals surface area contributed by atoms with Crippen molar-refractivity contribution in [1.82, 2.24) is 10.2 Å². The molecule has 2 rings (SSSR count). The van der Waals surface area contributed by atoms with Crippen LogP contribution >= 0.6 is 0 Å². The molecule has 1 unspecified atom stereocenters. The molecule has 1 saturated carbocycles. The second-order valence-electron chi connectivity index (χ2n) is 4.61. The molecule has 1 heterocycles. The van der Waals surface area contributed by atoms with Crippen LogP contribution in [0.4, 0.5) is 0 Å². The molecule has 1 atom stereocenters. The molecule has 0 aromatic carbocycles. The van der Waals surface area contributed by atoms with Gasteiger partial charge in [0.2, 0.25) is 0 Å². The van der Waals surface area contributed by atoms with E-state index in [2.05, 4.69) is 16.8 Å². The van der Waals surface area contributed by atoms with Crippen molar-refractivity contribution < 1.29 is 0 Å². The summed E-state index contributed by atoms with van der Waals surface area (Å²) in [7, 11) is 0. The lowest BCUT2D eigenvalue weighted by molar-refractivity contribution is 0.281. The zero-order valence-corrected chi connectivity index (χ0v) is 8.84. The number of nitrogens with zero attached hydrogens (tertiary/aromatic N) is 1. The van der Waals surface area contributed by atoms with Crippen LogP contribution in [0.15, 0.2) is 12.7 Å². The molecule has 3 N–H and O–H groups in total. The second-order valence-corrected chi connectivity index (χ2v) is 4.61. The summed E-state index contributed by atoms with van der Waals surface area (Å²) in [5.41, 5.74) is 6.03. The second kappa shape index (κ2) is 4.01. The molecule has 2 aliphatic rings. The fourth-order valence-electron chi connectivity index (χ4n) is 2.33. The van der Waals surface area contributed by atoms with Crippen molar-refractivity contribution in [1.29, 1.82) is 0 Å². The summed E-state index contributed by atoms with van der Waals surface area (Å²) in [6.07, 6.45) is 5.88. The zero-order chi connectivity index (χ0) is 10.0. The lowest BCUT2D eigenvalue weighted by atomic mass is 9.99. The molecule has 0 spiro atoms. The third-order valence-electron chi connectivity index (χ3n) is 3.46. The summed E-state index contributed by atoms with van der Waals surface area (Å²) in [5.74, 6) is 0. The van der Waals surface area contributed by atoms with Gasteiger partial charge in [0.05, 0.1) is 0 Å². The van der Waals surface area contributed by atoms with Gasteiger partial charge in [0.15, 0.2) is 0 Å². The van der Waals surface area contributed by atoms with Gasteiger partial charge >= 0.3 is 0 Å². The van der Waals surface area contributed by atoms with Gasteiger partial charge in [-0.1, -0.05) is 6.08 Å². The Kier molecular flexibility index (Phi) is 2.91. The number of nitrogens with two attached hydrogens (primary N) is 1. The molecule has 0 aromatic heterocycles. The quantitative estimate of drug-likeness (QED) is 0.621. The SMILES string of the molecule is C=CCNC1(CN)CCN(C2CC2)C1. The monoisotopic (exact) mass is 195 g/mol. The smallest absolute Gasteiger partial charge is 0.0447 e. The van der Waals surface area contributed by atoms with Gasteiger partial charge in [-0.2, -0.15) is 0 Å². The average Bonchev–Trinajstić information content (AvgIpc) is 2.98. The third-order valence-corrected chi connectivity index (χ3v) is 3.46. The highest BCUT2D eigenvalue weighted by atomic mass is 15.3. The van der Waals surface area contributed by atoms with Gasteiger partial charge in [0.1, 0.15) is 0 Å². The van der Waals surface area contributed by atoms with E-state index in [1.807, 2.05) is 6.08 Å². The van der Waals surface area contributed by atoms with Crippen LogP contribution in [0.5, 0.6) is 0 Å². The molecule has 3 nitrogen and oxygen atoms in total. The summed E-state index contributed by atoms with van der Waals surface area (Å²) in [6.45, 7) is 7.69. The maximum absolute atomic E-state index is 5.87. The predicted molar refractivity (Wildman–Crippen MR) is 59.2 cm³/mol. The molecular formula is C11H21N3. The third kappa shape index (κ3) is 2.00. The van der Waals surface area contributed by atoms with E-state index in [9.17, 15) is 0 Å². The molecule has 0 bridgehead atoms. The van der Waals surface area contributed by atoms with Crippen LogP contribution in [0.25, 0.3) is 0 Å². The van der Waals surface area contributed by atoms with Crippen molar-refractivity contribution in [3.63, 3.8) is 0 Å². The highest BCUT2D eigenvalue weighted by Crippen LogP contribution is 2.32. The molecule has 14 heavy (non-hydrogen) atoms. The van der Waals surface area contributed by atoms with E-state index < -0.39 is 0 Å². The molecule has 0 amide bonds. The molecule has 1 aliphatic carbocycles. The van der Waals surface area contributed by atoms with Gasteiger partial charge in [-0.15, -0.1) is 6.58 Å². The normalized spacial score (nSPS) is 33.5. The summed E-state index contributed by atoms with van der Waals surface area (Å²) in [6, 6.07) is 0.869. The molecule has 3 heteroatoms. The largest absolute Gasteiger partial charge is 0.329 e. The van der Waals surface area contributed by atoms with Gasteiger partial charge in [-0.05, 0) is 19.3 Å². The minimum atomic E-state index is 0.163. The molecular weight excluding hydrogens is 174 g/mol. The van der Waals surface area contributed by atoms with E-state index in [1.165, 1.54) is 25.8 Å². The Morgan fingerprint density at radius 2 is 2.36 bits per heavy atom. The van der Waals surface area contributed by atoms with Crippen LogP contribution in [-0.2, 0) is 0 Å². The van der Waals surface area contributed by atoms with Crippen LogP contribution in [0.2, 0.25) is 0 Å². The zero-order valence-electron chi connectivity index (χ0n) is 8.84. The van der Waals surface area contributed by atoms with E-state index in [0.29, 0.717) is 0 Å². The molecule has 0 aromatic rings. The Morgan fingerprint density at radius 3 is 2.93 bits per heavy atom. The molecule has 1 saturated heterocycles. The van der Waals surface area contributed by atoms with E-state index in [4.69, 9.17) is 5.73 Å². The van der Waals surface area contributed by atoms with E-state index in [0.717, 1.165) is 25.7 Å². The van der Waals surface area contributed by atoms with Gasteiger partial charge < -0.3 is 11.1 Å². The highest BCUT2D eigenvalue weighted by molar-refractivity contribution is 5.03. The fourth-order valence-corrected chi connectivity index (χ4v) is 2.33. The Hall–Kier alpha value is -0.380. The van der Waals surface area contributed by atoms with Gasteiger partial charge in [-0.25, -0.2) is 0 Å². The highest BCUT2D eigenvalue weighted by Gasteiger charge is 2.41. The number of nitrogens with one attached hydrogen (secondary N) is 1. The Labute approximate surface area is 86.3 Å². The predicted octanol–water partition coefficient (Wildman–Crippen LogP) is 0.328. The van der Waals surface area contributed by atoms with Crippen LogP contribution in [0.1, 0.15) is 19.3 Å². The summed E-state index contributed by atoms with van der Waals surface area (Å²) < 4.78 is 0. The van der Waals surface area contributed by atoms with Crippen molar-refractivity contribution in [3.05, 3.63) is 12.7 Å². The van der Waals surface area contributed by atoms with Crippen molar-refractivity contribution >= 4 is 0 Å². The van der Waals surface area contributed by atoms with E-state index in [-0.39, 0.29) is 5.54 Å². The first kappa shape index (κ1) is 10.1. The van der Waals surface area contributed by atoms with Crippen molar-refractivity contribution in [3.8, 4) is 0 Å². The fraction of sp³-hybridized carbons (Fsp3) is 0.818. The van der Waals surface area contributed by atoms with E-state index in [1.54, 1.807) is 0 Å². The topological polar surface area (TPSA) is 41.3 Å². The number of likely N-dealkylation sites (tertiary alicyclic amines) is 1. The number of hydrogen-bond acceptors (Lipinski definition) is 3. The first-order chi connectivity index (χ1) is 6.79. The van der Waals surface area contributed by atoms with Crippen LogP contribution in [0.3, 0.4) is 0 Å². The Morgan fingerprint density at radius 1 is 1.57 bits per heavy atom. The summed E-state index contributed by atoms with van der Waals surface area (Å²) >= 11 is 0. The minimum absolute atomic E-state index is 0.163. The van der Waals surface area contributed by atoms with Crippen LogP contribution < -0.4 is 11.1 Å². The summed E-state index contributed by atoms with van der Waals surface area (Å²) in [5, 5.41) is 3.52.